The molecule has 26 heavy (non-hydrogen) atoms. The number of aromatic amines is 2. The van der Waals surface area contributed by atoms with Gasteiger partial charge in [0.1, 0.15) is 5.56 Å². The standard InChI is InChI=1S/C18H11ClN4O3/c19-12-6-2-1-5-10(12)15-20-13(14-7-3-4-8-23(14)15)9-11-16(24)21-18(26)22-17(11)25/h1-9H,(H2,21,22,24,25,26)/p+1. The SMILES string of the molecule is O=c1[nH]c(O)c(/C=C2\N=C(c3ccccc3Cl)[n+]3ccccc32)c(=O)[nH]1. The number of aromatic hydroxyl groups is 1. The molecule has 1 aliphatic rings. The summed E-state index contributed by atoms with van der Waals surface area (Å²) < 4.78 is 1.84. The van der Waals surface area contributed by atoms with E-state index in [1.165, 1.54) is 6.08 Å². The second kappa shape index (κ2) is 6.12. The fraction of sp³-hybridized carbons (Fsp3) is 0. The highest BCUT2D eigenvalue weighted by Crippen LogP contribution is 2.25. The molecule has 3 heterocycles. The number of H-pyrrole nitrogens is 2. The van der Waals surface area contributed by atoms with Gasteiger partial charge in [-0.2, -0.15) is 4.57 Å². The van der Waals surface area contributed by atoms with E-state index in [0.717, 1.165) is 5.56 Å². The zero-order valence-corrected chi connectivity index (χ0v) is 14.0. The Kier molecular flexibility index (Phi) is 3.78. The molecule has 7 nitrogen and oxygen atoms in total. The molecule has 0 spiro atoms. The first-order valence-corrected chi connectivity index (χ1v) is 8.04. The van der Waals surface area contributed by atoms with E-state index in [1.54, 1.807) is 6.07 Å². The molecule has 1 aromatic carbocycles. The molecule has 0 amide bonds. The van der Waals surface area contributed by atoms with Crippen molar-refractivity contribution in [3.63, 3.8) is 0 Å². The van der Waals surface area contributed by atoms with Crippen LogP contribution in [0.4, 0.5) is 0 Å². The maximum atomic E-state index is 12.0. The van der Waals surface area contributed by atoms with Gasteiger partial charge in [0.15, 0.2) is 5.69 Å². The van der Waals surface area contributed by atoms with Gasteiger partial charge >= 0.3 is 11.5 Å². The molecule has 2 aromatic heterocycles. The first-order valence-electron chi connectivity index (χ1n) is 7.67. The fourth-order valence-corrected chi connectivity index (χ4v) is 2.98. The largest absolute Gasteiger partial charge is 0.494 e. The van der Waals surface area contributed by atoms with E-state index in [9.17, 15) is 14.7 Å². The number of nitrogens with zero attached hydrogens (tertiary/aromatic N) is 2. The summed E-state index contributed by atoms with van der Waals surface area (Å²) in [5.74, 6) is 0.0768. The summed E-state index contributed by atoms with van der Waals surface area (Å²) in [4.78, 5) is 32.1. The molecule has 0 aliphatic carbocycles. The van der Waals surface area contributed by atoms with E-state index in [1.807, 2.05) is 47.2 Å². The quantitative estimate of drug-likeness (QED) is 0.598. The number of aliphatic imine (C=N–C) groups is 1. The van der Waals surface area contributed by atoms with Crippen LogP contribution in [0.15, 0.2) is 63.2 Å². The van der Waals surface area contributed by atoms with Crippen molar-refractivity contribution in [3.8, 4) is 5.88 Å². The molecule has 0 saturated heterocycles. The molecule has 8 heteroatoms. The van der Waals surface area contributed by atoms with E-state index < -0.39 is 17.1 Å². The zero-order valence-electron chi connectivity index (χ0n) is 13.2. The lowest BCUT2D eigenvalue weighted by molar-refractivity contribution is -0.553. The summed E-state index contributed by atoms with van der Waals surface area (Å²) in [7, 11) is 0. The van der Waals surface area contributed by atoms with Crippen LogP contribution >= 0.6 is 11.6 Å². The third-order valence-corrected chi connectivity index (χ3v) is 4.26. The Balaban J connectivity index is 1.95. The van der Waals surface area contributed by atoms with Crippen molar-refractivity contribution >= 4 is 29.2 Å². The van der Waals surface area contributed by atoms with Crippen LogP contribution in [0, 0.1) is 0 Å². The molecule has 0 bridgehead atoms. The number of halogens is 1. The summed E-state index contributed by atoms with van der Waals surface area (Å²) in [5.41, 5.74) is 0.327. The monoisotopic (exact) mass is 367 g/mol. The van der Waals surface area contributed by atoms with Crippen LogP contribution in [0.25, 0.3) is 11.8 Å². The third-order valence-electron chi connectivity index (χ3n) is 3.93. The minimum atomic E-state index is -0.781. The molecular weight excluding hydrogens is 356 g/mol. The lowest BCUT2D eigenvalue weighted by Crippen LogP contribution is -2.42. The van der Waals surface area contributed by atoms with E-state index in [-0.39, 0.29) is 5.56 Å². The molecule has 0 fully saturated rings. The molecular formula is C18H12ClN4O3+. The summed E-state index contributed by atoms with van der Waals surface area (Å²) >= 11 is 6.30. The molecule has 3 N–H and O–H groups in total. The number of benzene rings is 1. The predicted molar refractivity (Wildman–Crippen MR) is 97.2 cm³/mol. The third kappa shape index (κ3) is 2.64. The number of pyridine rings is 1. The second-order valence-electron chi connectivity index (χ2n) is 5.57. The van der Waals surface area contributed by atoms with Gasteiger partial charge in [-0.05, 0) is 29.3 Å². The van der Waals surface area contributed by atoms with Gasteiger partial charge < -0.3 is 5.11 Å². The number of hydrogen-bond acceptors (Lipinski definition) is 4. The fourth-order valence-electron chi connectivity index (χ4n) is 2.76. The van der Waals surface area contributed by atoms with Crippen molar-refractivity contribution in [2.45, 2.75) is 0 Å². The van der Waals surface area contributed by atoms with Crippen molar-refractivity contribution in [3.05, 3.63) is 91.3 Å². The Hall–Kier alpha value is -3.45. The topological polar surface area (TPSA) is 102 Å². The minimum Gasteiger partial charge on any atom is -0.494 e. The normalized spacial score (nSPS) is 14.3. The lowest BCUT2D eigenvalue weighted by Gasteiger charge is -2.00. The Labute approximate surface area is 151 Å². The average Bonchev–Trinajstić information content (AvgIpc) is 2.97. The number of rotatable bonds is 2. The Morgan fingerprint density at radius 2 is 1.85 bits per heavy atom. The molecule has 0 radical (unpaired) electrons. The highest BCUT2D eigenvalue weighted by atomic mass is 35.5. The van der Waals surface area contributed by atoms with Crippen molar-refractivity contribution < 1.29 is 9.67 Å². The van der Waals surface area contributed by atoms with E-state index >= 15 is 0 Å². The smallest absolute Gasteiger partial charge is 0.337 e. The van der Waals surface area contributed by atoms with Crippen LogP contribution in [0.1, 0.15) is 16.8 Å². The molecule has 4 rings (SSSR count). The Morgan fingerprint density at radius 3 is 2.62 bits per heavy atom. The van der Waals surface area contributed by atoms with Gasteiger partial charge in [0, 0.05) is 6.08 Å². The second-order valence-corrected chi connectivity index (χ2v) is 5.98. The van der Waals surface area contributed by atoms with Crippen LogP contribution < -0.4 is 15.8 Å². The van der Waals surface area contributed by atoms with Crippen LogP contribution in [-0.2, 0) is 0 Å². The van der Waals surface area contributed by atoms with Crippen LogP contribution in [-0.4, -0.2) is 20.9 Å². The van der Waals surface area contributed by atoms with Gasteiger partial charge in [-0.15, -0.1) is 0 Å². The van der Waals surface area contributed by atoms with Crippen molar-refractivity contribution in [1.82, 2.24) is 9.97 Å². The molecule has 3 aromatic rings. The first-order chi connectivity index (χ1) is 12.5. The Bertz CT molecular complexity index is 1210. The van der Waals surface area contributed by atoms with Gasteiger partial charge in [-0.25, -0.2) is 4.79 Å². The number of fused-ring (bicyclic) bond motifs is 1. The average molecular weight is 368 g/mol. The van der Waals surface area contributed by atoms with E-state index in [0.29, 0.717) is 22.2 Å². The van der Waals surface area contributed by atoms with Crippen molar-refractivity contribution in [2.75, 3.05) is 0 Å². The van der Waals surface area contributed by atoms with Gasteiger partial charge in [0.2, 0.25) is 11.6 Å². The Morgan fingerprint density at radius 1 is 1.08 bits per heavy atom. The summed E-state index contributed by atoms with van der Waals surface area (Å²) in [5, 5.41) is 10.5. The van der Waals surface area contributed by atoms with E-state index in [4.69, 9.17) is 11.6 Å². The first kappa shape index (κ1) is 16.0. The molecule has 0 saturated carbocycles. The maximum Gasteiger partial charge on any atom is 0.337 e. The highest BCUT2D eigenvalue weighted by Gasteiger charge is 2.32. The maximum absolute atomic E-state index is 12.0. The summed E-state index contributed by atoms with van der Waals surface area (Å²) in [6.45, 7) is 0. The molecule has 0 unspecified atom stereocenters. The van der Waals surface area contributed by atoms with Crippen molar-refractivity contribution in [1.29, 1.82) is 0 Å². The zero-order chi connectivity index (χ0) is 18.3. The van der Waals surface area contributed by atoms with Crippen LogP contribution in [0.2, 0.25) is 5.02 Å². The molecule has 128 valence electrons. The molecule has 0 atom stereocenters. The number of hydrogen-bond donors (Lipinski definition) is 3. The van der Waals surface area contributed by atoms with Crippen molar-refractivity contribution in [2.24, 2.45) is 4.99 Å². The van der Waals surface area contributed by atoms with Gasteiger partial charge in [-0.1, -0.05) is 29.8 Å². The highest BCUT2D eigenvalue weighted by molar-refractivity contribution is 6.33. The predicted octanol–water partition coefficient (Wildman–Crippen LogP) is 1.52. The summed E-state index contributed by atoms with van der Waals surface area (Å²) in [6.07, 6.45) is 3.25. The lowest BCUT2D eigenvalue weighted by atomic mass is 10.2. The van der Waals surface area contributed by atoms with Gasteiger partial charge in [0.25, 0.3) is 5.56 Å². The summed E-state index contributed by atoms with van der Waals surface area (Å²) in [6, 6.07) is 12.8. The van der Waals surface area contributed by atoms with Gasteiger partial charge in [0.05, 0.1) is 16.8 Å². The van der Waals surface area contributed by atoms with Gasteiger partial charge in [-0.3, -0.25) is 14.8 Å². The van der Waals surface area contributed by atoms with Crippen LogP contribution in [0.3, 0.4) is 0 Å². The van der Waals surface area contributed by atoms with E-state index in [2.05, 4.69) is 15.0 Å². The minimum absolute atomic E-state index is 0.0841. The number of nitrogens with one attached hydrogen (secondary N) is 2. The molecule has 1 aliphatic heterocycles. The number of aromatic nitrogens is 3. The van der Waals surface area contributed by atoms with Crippen LogP contribution in [0.5, 0.6) is 5.88 Å².